The third-order valence-electron chi connectivity index (χ3n) is 2.16. The molecule has 0 aromatic carbocycles. The van der Waals surface area contributed by atoms with E-state index in [1.165, 1.54) is 6.42 Å². The number of unbranched alkanes of at least 4 members (excludes halogenated alkanes) is 1. The van der Waals surface area contributed by atoms with Gasteiger partial charge in [0.2, 0.25) is 0 Å². The number of ether oxygens (including phenoxy) is 1. The van der Waals surface area contributed by atoms with Crippen molar-refractivity contribution in [1.82, 2.24) is 4.90 Å². The molecule has 0 aromatic heterocycles. The van der Waals surface area contributed by atoms with Gasteiger partial charge >= 0.3 is 6.09 Å². The second kappa shape index (κ2) is 5.84. The average molecular weight is 184 g/mol. The molecular weight excluding hydrogens is 166 g/mol. The molecule has 1 amide bonds. The van der Waals surface area contributed by atoms with Crippen LogP contribution >= 0.6 is 0 Å². The summed E-state index contributed by atoms with van der Waals surface area (Å²) in [6.07, 6.45) is 5.14. The minimum absolute atomic E-state index is 0.173. The number of nitrogens with zero attached hydrogens (tertiary/aromatic N) is 1. The molecule has 0 saturated carbocycles. The van der Waals surface area contributed by atoms with Crippen molar-refractivity contribution in [1.29, 1.82) is 0 Å². The summed E-state index contributed by atoms with van der Waals surface area (Å²) in [5.74, 6) is 0. The van der Waals surface area contributed by atoms with E-state index in [9.17, 15) is 4.79 Å². The normalized spacial score (nSPS) is 17.2. The molecule has 1 radical (unpaired) electrons. The molecule has 1 aliphatic heterocycles. The van der Waals surface area contributed by atoms with Crippen LogP contribution in [0.25, 0.3) is 0 Å². The Morgan fingerprint density at radius 3 is 3.00 bits per heavy atom. The highest BCUT2D eigenvalue weighted by molar-refractivity contribution is 5.68. The standard InChI is InChI=1S/C10H18NO2/c1-2-3-9-13-10(12)11-7-5-4-6-8-11/h7H,2-6,8-9H2,1H3. The maximum atomic E-state index is 11.3. The van der Waals surface area contributed by atoms with Gasteiger partial charge in [-0.3, -0.25) is 0 Å². The summed E-state index contributed by atoms with van der Waals surface area (Å²) < 4.78 is 5.08. The van der Waals surface area contributed by atoms with Crippen molar-refractivity contribution in [2.24, 2.45) is 0 Å². The second-order valence-corrected chi connectivity index (χ2v) is 3.34. The molecule has 1 aliphatic rings. The minimum Gasteiger partial charge on any atom is -0.449 e. The Labute approximate surface area is 80.1 Å². The molecule has 0 aromatic rings. The summed E-state index contributed by atoms with van der Waals surface area (Å²) in [5.41, 5.74) is 0. The van der Waals surface area contributed by atoms with Crippen LogP contribution < -0.4 is 0 Å². The summed E-state index contributed by atoms with van der Waals surface area (Å²) >= 11 is 0. The van der Waals surface area contributed by atoms with E-state index in [-0.39, 0.29) is 6.09 Å². The Morgan fingerprint density at radius 2 is 2.38 bits per heavy atom. The Bertz CT molecular complexity index is 153. The van der Waals surface area contributed by atoms with Gasteiger partial charge in [-0.05, 0) is 25.7 Å². The van der Waals surface area contributed by atoms with Gasteiger partial charge in [-0.25, -0.2) is 4.79 Å². The van der Waals surface area contributed by atoms with Gasteiger partial charge in [0.25, 0.3) is 0 Å². The highest BCUT2D eigenvalue weighted by atomic mass is 16.6. The van der Waals surface area contributed by atoms with Crippen molar-refractivity contribution in [2.45, 2.75) is 39.0 Å². The lowest BCUT2D eigenvalue weighted by atomic mass is 10.1. The maximum absolute atomic E-state index is 11.3. The smallest absolute Gasteiger partial charge is 0.410 e. The molecule has 13 heavy (non-hydrogen) atoms. The molecule has 0 spiro atoms. The third kappa shape index (κ3) is 3.66. The predicted octanol–water partition coefficient (Wildman–Crippen LogP) is 2.57. The van der Waals surface area contributed by atoms with Crippen LogP contribution in [0.2, 0.25) is 0 Å². The molecule has 1 saturated heterocycles. The fraction of sp³-hybridized carbons (Fsp3) is 0.800. The zero-order chi connectivity index (χ0) is 9.52. The van der Waals surface area contributed by atoms with Crippen LogP contribution in [0.3, 0.4) is 0 Å². The molecule has 0 bridgehead atoms. The lowest BCUT2D eigenvalue weighted by Gasteiger charge is -2.25. The Kier molecular flexibility index (Phi) is 4.65. The van der Waals surface area contributed by atoms with Crippen molar-refractivity contribution in [3.63, 3.8) is 0 Å². The van der Waals surface area contributed by atoms with Gasteiger partial charge in [0.1, 0.15) is 0 Å². The molecule has 0 unspecified atom stereocenters. The number of rotatable bonds is 3. The molecule has 1 fully saturated rings. The van der Waals surface area contributed by atoms with E-state index in [4.69, 9.17) is 4.74 Å². The first-order valence-electron chi connectivity index (χ1n) is 5.11. The van der Waals surface area contributed by atoms with Gasteiger partial charge in [0.05, 0.1) is 13.2 Å². The zero-order valence-corrected chi connectivity index (χ0v) is 8.29. The van der Waals surface area contributed by atoms with Gasteiger partial charge in [-0.2, -0.15) is 0 Å². The summed E-state index contributed by atoms with van der Waals surface area (Å²) in [7, 11) is 0. The van der Waals surface area contributed by atoms with E-state index < -0.39 is 0 Å². The average Bonchev–Trinajstić information content (AvgIpc) is 2.19. The van der Waals surface area contributed by atoms with Crippen LogP contribution in [0.5, 0.6) is 0 Å². The van der Waals surface area contributed by atoms with E-state index >= 15 is 0 Å². The number of piperidine rings is 1. The quantitative estimate of drug-likeness (QED) is 0.631. The molecule has 1 rings (SSSR count). The molecule has 3 heteroatoms. The van der Waals surface area contributed by atoms with Gasteiger partial charge < -0.3 is 9.64 Å². The Hall–Kier alpha value is -0.730. The summed E-state index contributed by atoms with van der Waals surface area (Å²) in [4.78, 5) is 13.0. The van der Waals surface area contributed by atoms with Crippen molar-refractivity contribution in [2.75, 3.05) is 13.2 Å². The fourth-order valence-corrected chi connectivity index (χ4v) is 1.32. The number of hydrogen-bond donors (Lipinski definition) is 0. The summed E-state index contributed by atoms with van der Waals surface area (Å²) in [6, 6.07) is 0. The van der Waals surface area contributed by atoms with Crippen LogP contribution in [0, 0.1) is 6.54 Å². The Balaban J connectivity index is 2.13. The predicted molar refractivity (Wildman–Crippen MR) is 51.1 cm³/mol. The molecule has 3 nitrogen and oxygen atoms in total. The molecule has 0 N–H and O–H groups in total. The minimum atomic E-state index is -0.173. The SMILES string of the molecule is CCCCOC(=O)N1[CH]CCCC1. The van der Waals surface area contributed by atoms with Crippen LogP contribution in [-0.2, 0) is 4.74 Å². The van der Waals surface area contributed by atoms with E-state index in [0.717, 1.165) is 32.2 Å². The second-order valence-electron chi connectivity index (χ2n) is 3.34. The number of likely N-dealkylation sites (tertiary alicyclic amines) is 1. The van der Waals surface area contributed by atoms with Gasteiger partial charge in [-0.1, -0.05) is 13.3 Å². The van der Waals surface area contributed by atoms with Crippen molar-refractivity contribution in [3.05, 3.63) is 6.54 Å². The number of carbonyl (C=O) groups is 1. The fourth-order valence-electron chi connectivity index (χ4n) is 1.32. The van der Waals surface area contributed by atoms with E-state index in [1.807, 2.05) is 6.54 Å². The first-order chi connectivity index (χ1) is 6.34. The van der Waals surface area contributed by atoms with Crippen LogP contribution in [0.15, 0.2) is 0 Å². The molecule has 75 valence electrons. The molecular formula is C10H18NO2. The molecule has 1 heterocycles. The number of carbonyl (C=O) groups excluding carboxylic acids is 1. The van der Waals surface area contributed by atoms with E-state index in [0.29, 0.717) is 6.61 Å². The lowest BCUT2D eigenvalue weighted by molar-refractivity contribution is 0.105. The maximum Gasteiger partial charge on any atom is 0.410 e. The van der Waals surface area contributed by atoms with Gasteiger partial charge in [-0.15, -0.1) is 0 Å². The monoisotopic (exact) mass is 184 g/mol. The summed E-state index contributed by atoms with van der Waals surface area (Å²) in [5, 5.41) is 0. The highest BCUT2D eigenvalue weighted by Gasteiger charge is 2.17. The van der Waals surface area contributed by atoms with Crippen LogP contribution in [0.4, 0.5) is 4.79 Å². The highest BCUT2D eigenvalue weighted by Crippen LogP contribution is 2.13. The first-order valence-corrected chi connectivity index (χ1v) is 5.11. The molecule has 0 atom stereocenters. The first kappa shape index (κ1) is 10.4. The largest absolute Gasteiger partial charge is 0.449 e. The van der Waals surface area contributed by atoms with Crippen LogP contribution in [0.1, 0.15) is 39.0 Å². The lowest BCUT2D eigenvalue weighted by Crippen LogP contribution is -2.32. The topological polar surface area (TPSA) is 29.5 Å². The van der Waals surface area contributed by atoms with Crippen molar-refractivity contribution >= 4 is 6.09 Å². The van der Waals surface area contributed by atoms with Crippen molar-refractivity contribution in [3.8, 4) is 0 Å². The Morgan fingerprint density at radius 1 is 1.54 bits per heavy atom. The van der Waals surface area contributed by atoms with Crippen LogP contribution in [-0.4, -0.2) is 24.1 Å². The third-order valence-corrected chi connectivity index (χ3v) is 2.16. The van der Waals surface area contributed by atoms with Gasteiger partial charge in [0, 0.05) is 6.54 Å². The van der Waals surface area contributed by atoms with E-state index in [1.54, 1.807) is 4.90 Å². The number of amides is 1. The molecule has 0 aliphatic carbocycles. The number of hydrogen-bond acceptors (Lipinski definition) is 2. The summed E-state index contributed by atoms with van der Waals surface area (Å²) in [6.45, 7) is 5.41. The van der Waals surface area contributed by atoms with Gasteiger partial charge in [0.15, 0.2) is 0 Å². The zero-order valence-electron chi connectivity index (χ0n) is 8.29. The van der Waals surface area contributed by atoms with Crippen molar-refractivity contribution < 1.29 is 9.53 Å². The van der Waals surface area contributed by atoms with E-state index in [2.05, 4.69) is 6.92 Å².